The molecule has 1 saturated heterocycles. The Bertz CT molecular complexity index is 1090. The monoisotopic (exact) mass is 368 g/mol. The molecular weight excluding hydrogens is 347 g/mol. The van der Waals surface area contributed by atoms with Crippen LogP contribution in [0.25, 0.3) is 5.65 Å². The molecule has 6 nitrogen and oxygen atoms in total. The zero-order valence-electron chi connectivity index (χ0n) is 15.3. The van der Waals surface area contributed by atoms with Crippen LogP contribution >= 0.6 is 0 Å². The molecule has 0 bridgehead atoms. The highest BCUT2D eigenvalue weighted by Gasteiger charge is 2.29. The van der Waals surface area contributed by atoms with Gasteiger partial charge < -0.3 is 4.90 Å². The Morgan fingerprint density at radius 1 is 1.33 bits per heavy atom. The highest BCUT2D eigenvalue weighted by molar-refractivity contribution is 5.99. The first-order valence-corrected chi connectivity index (χ1v) is 9.04. The van der Waals surface area contributed by atoms with E-state index in [2.05, 4.69) is 10.1 Å². The second-order valence-corrected chi connectivity index (χ2v) is 7.28. The second kappa shape index (κ2) is 6.64. The Hall–Kier alpha value is -2.96. The summed E-state index contributed by atoms with van der Waals surface area (Å²) < 4.78 is 15.0. The minimum absolute atomic E-state index is 0.135. The summed E-state index contributed by atoms with van der Waals surface area (Å²) in [5, 5.41) is 2.80. The van der Waals surface area contributed by atoms with E-state index >= 15 is 0 Å². The van der Waals surface area contributed by atoms with Crippen LogP contribution in [-0.4, -0.2) is 38.5 Å². The molecule has 1 atom stereocenters. The molecule has 1 aliphatic rings. The Balaban J connectivity index is 1.51. The van der Waals surface area contributed by atoms with Gasteiger partial charge in [0.25, 0.3) is 11.5 Å². The molecule has 1 amide bonds. The average Bonchev–Trinajstić information content (AvgIpc) is 3.25. The maximum atomic E-state index is 13.8. The summed E-state index contributed by atoms with van der Waals surface area (Å²) in [6, 6.07) is 6.74. The lowest BCUT2D eigenvalue weighted by Gasteiger charge is -2.16. The number of aromatic nitrogens is 3. The van der Waals surface area contributed by atoms with Crippen LogP contribution < -0.4 is 5.56 Å². The highest BCUT2D eigenvalue weighted by Crippen LogP contribution is 2.24. The Morgan fingerprint density at radius 3 is 2.93 bits per heavy atom. The van der Waals surface area contributed by atoms with E-state index in [1.807, 2.05) is 6.07 Å². The number of amides is 1. The predicted molar refractivity (Wildman–Crippen MR) is 99.4 cm³/mol. The molecule has 1 aliphatic heterocycles. The van der Waals surface area contributed by atoms with Crippen molar-refractivity contribution in [2.24, 2.45) is 5.92 Å². The normalized spacial score (nSPS) is 17.0. The number of nitrogens with one attached hydrogen (secondary N) is 1. The van der Waals surface area contributed by atoms with Crippen LogP contribution in [0.15, 0.2) is 35.3 Å². The zero-order valence-corrected chi connectivity index (χ0v) is 15.3. The van der Waals surface area contributed by atoms with Crippen molar-refractivity contribution in [2.45, 2.75) is 26.7 Å². The van der Waals surface area contributed by atoms with Gasteiger partial charge in [0.05, 0.1) is 0 Å². The molecule has 0 saturated carbocycles. The molecule has 1 fully saturated rings. The number of nitrogens with zero attached hydrogens (tertiary/aromatic N) is 3. The number of halogens is 1. The van der Waals surface area contributed by atoms with Crippen molar-refractivity contribution in [2.75, 3.05) is 13.1 Å². The molecule has 2 aromatic heterocycles. The van der Waals surface area contributed by atoms with Gasteiger partial charge in [-0.1, -0.05) is 12.1 Å². The van der Waals surface area contributed by atoms with Crippen molar-refractivity contribution in [1.82, 2.24) is 19.5 Å². The molecule has 0 spiro atoms. The van der Waals surface area contributed by atoms with Crippen LogP contribution in [0.5, 0.6) is 0 Å². The van der Waals surface area contributed by atoms with Gasteiger partial charge in [-0.2, -0.15) is 0 Å². The number of likely N-dealkylation sites (tertiary alicyclic amines) is 1. The number of fused-ring (bicyclic) bond motifs is 1. The molecule has 27 heavy (non-hydrogen) atoms. The van der Waals surface area contributed by atoms with Crippen molar-refractivity contribution >= 4 is 11.6 Å². The van der Waals surface area contributed by atoms with Crippen molar-refractivity contribution in [3.63, 3.8) is 0 Å². The molecule has 140 valence electrons. The second-order valence-electron chi connectivity index (χ2n) is 7.28. The summed E-state index contributed by atoms with van der Waals surface area (Å²) in [5.41, 5.74) is 2.69. The fourth-order valence-electron chi connectivity index (χ4n) is 3.70. The van der Waals surface area contributed by atoms with Gasteiger partial charge in [0.1, 0.15) is 11.4 Å². The first-order valence-electron chi connectivity index (χ1n) is 9.04. The molecule has 3 aromatic rings. The smallest absolute Gasteiger partial charge is 0.272 e. The third-order valence-corrected chi connectivity index (χ3v) is 5.19. The number of benzene rings is 1. The maximum Gasteiger partial charge on any atom is 0.272 e. The molecular formula is C20H21FN4O2. The summed E-state index contributed by atoms with van der Waals surface area (Å²) >= 11 is 0. The number of aromatic amines is 1. The van der Waals surface area contributed by atoms with Crippen molar-refractivity contribution in [3.8, 4) is 0 Å². The fraction of sp³-hybridized carbons (Fsp3) is 0.350. The number of hydrogen-bond acceptors (Lipinski definition) is 3. The number of hydrogen-bond donors (Lipinski definition) is 1. The third kappa shape index (κ3) is 3.25. The van der Waals surface area contributed by atoms with Crippen LogP contribution in [0, 0.1) is 25.6 Å². The van der Waals surface area contributed by atoms with Gasteiger partial charge in [-0.05, 0) is 49.8 Å². The van der Waals surface area contributed by atoms with Crippen LogP contribution in [0.3, 0.4) is 0 Å². The summed E-state index contributed by atoms with van der Waals surface area (Å²) in [5.74, 6) is -0.0355. The number of H-pyrrole nitrogens is 1. The number of aryl methyl sites for hydroxylation is 2. The van der Waals surface area contributed by atoms with E-state index in [0.717, 1.165) is 18.4 Å². The van der Waals surface area contributed by atoms with Crippen molar-refractivity contribution in [1.29, 1.82) is 0 Å². The number of carbonyl (C=O) groups is 1. The van der Waals surface area contributed by atoms with Crippen LogP contribution in [-0.2, 0) is 6.42 Å². The Kier molecular flexibility index (Phi) is 4.30. The highest BCUT2D eigenvalue weighted by atomic mass is 19.1. The molecule has 1 unspecified atom stereocenters. The molecule has 4 rings (SSSR count). The van der Waals surface area contributed by atoms with Gasteiger partial charge in [-0.3, -0.25) is 14.7 Å². The van der Waals surface area contributed by atoms with Gasteiger partial charge in [0.15, 0.2) is 5.65 Å². The average molecular weight is 368 g/mol. The summed E-state index contributed by atoms with van der Waals surface area (Å²) in [6.07, 6.45) is 3.15. The van der Waals surface area contributed by atoms with E-state index in [-0.39, 0.29) is 17.3 Å². The van der Waals surface area contributed by atoms with Crippen molar-refractivity contribution in [3.05, 3.63) is 69.0 Å². The van der Waals surface area contributed by atoms with Gasteiger partial charge in [-0.25, -0.2) is 13.9 Å². The fourth-order valence-corrected chi connectivity index (χ4v) is 3.70. The summed E-state index contributed by atoms with van der Waals surface area (Å²) in [6.45, 7) is 4.74. The van der Waals surface area contributed by atoms with E-state index in [1.165, 1.54) is 16.8 Å². The number of rotatable bonds is 3. The lowest BCUT2D eigenvalue weighted by Crippen LogP contribution is -2.29. The first kappa shape index (κ1) is 17.5. The van der Waals surface area contributed by atoms with E-state index in [9.17, 15) is 14.0 Å². The van der Waals surface area contributed by atoms with Crippen LogP contribution in [0.1, 0.15) is 33.6 Å². The molecule has 7 heteroatoms. The van der Waals surface area contributed by atoms with Gasteiger partial charge in [0, 0.05) is 31.0 Å². The van der Waals surface area contributed by atoms with E-state index < -0.39 is 0 Å². The standard InChI is InChI=1S/C20H21FN4O2/c1-12-3-4-14(9-17(12)21)8-15-5-6-24(11-15)20(27)16-10-22-25-18(26)7-13(2)23-19(16)25/h3-4,7,9-10,15,22H,5-6,8,11H2,1-2H3. The topological polar surface area (TPSA) is 70.5 Å². The lowest BCUT2D eigenvalue weighted by molar-refractivity contribution is 0.0788. The molecule has 0 aliphatic carbocycles. The Labute approximate surface area is 155 Å². The SMILES string of the molecule is Cc1cc(=O)n2[nH]cc(C(=O)N3CCC(Cc4ccc(C)c(F)c4)C3)c2n1. The molecule has 1 aromatic carbocycles. The van der Waals surface area contributed by atoms with E-state index in [0.29, 0.717) is 41.5 Å². The first-order chi connectivity index (χ1) is 12.9. The maximum absolute atomic E-state index is 13.8. The third-order valence-electron chi connectivity index (χ3n) is 5.19. The zero-order chi connectivity index (χ0) is 19.1. The summed E-state index contributed by atoms with van der Waals surface area (Å²) in [7, 11) is 0. The molecule has 1 N–H and O–H groups in total. The van der Waals surface area contributed by atoms with E-state index in [1.54, 1.807) is 30.9 Å². The van der Waals surface area contributed by atoms with Crippen LogP contribution in [0.2, 0.25) is 0 Å². The molecule has 0 radical (unpaired) electrons. The predicted octanol–water partition coefficient (Wildman–Crippen LogP) is 2.48. The lowest BCUT2D eigenvalue weighted by atomic mass is 9.98. The minimum Gasteiger partial charge on any atom is -0.338 e. The van der Waals surface area contributed by atoms with Gasteiger partial charge >= 0.3 is 0 Å². The van der Waals surface area contributed by atoms with Crippen LogP contribution in [0.4, 0.5) is 4.39 Å². The molecule has 3 heterocycles. The largest absolute Gasteiger partial charge is 0.338 e. The minimum atomic E-state index is -0.239. The van der Waals surface area contributed by atoms with Gasteiger partial charge in [0.2, 0.25) is 0 Å². The Morgan fingerprint density at radius 2 is 2.15 bits per heavy atom. The van der Waals surface area contributed by atoms with Gasteiger partial charge in [-0.15, -0.1) is 0 Å². The summed E-state index contributed by atoms with van der Waals surface area (Å²) in [4.78, 5) is 31.1. The van der Waals surface area contributed by atoms with Crippen molar-refractivity contribution < 1.29 is 9.18 Å². The van der Waals surface area contributed by atoms with E-state index in [4.69, 9.17) is 0 Å². The quantitative estimate of drug-likeness (QED) is 0.772. The number of carbonyl (C=O) groups excluding carboxylic acids is 1.